The predicted molar refractivity (Wildman–Crippen MR) is 71.5 cm³/mol. The fourth-order valence-electron chi connectivity index (χ4n) is 1.15. The predicted octanol–water partition coefficient (Wildman–Crippen LogP) is 1.39. The lowest BCUT2D eigenvalue weighted by Crippen LogP contribution is -2.22. The molecule has 0 aliphatic rings. The first kappa shape index (κ1) is 13.3. The highest BCUT2D eigenvalue weighted by molar-refractivity contribution is 7.97. The van der Waals surface area contributed by atoms with Gasteiger partial charge in [0.25, 0.3) is 0 Å². The molecule has 0 saturated carbocycles. The Morgan fingerprint density at radius 1 is 1.19 bits per heavy atom. The van der Waals surface area contributed by atoms with Crippen molar-refractivity contribution in [1.29, 1.82) is 0 Å². The Bertz CT molecular complexity index is 287. The van der Waals surface area contributed by atoms with E-state index >= 15 is 0 Å². The van der Waals surface area contributed by atoms with Crippen LogP contribution in [0.2, 0.25) is 0 Å². The summed E-state index contributed by atoms with van der Waals surface area (Å²) in [6, 6.07) is 8.28. The summed E-state index contributed by atoms with van der Waals surface area (Å²) in [4.78, 5) is 3.38. The molecule has 0 heterocycles. The maximum absolute atomic E-state index is 3.32. The van der Waals surface area contributed by atoms with Gasteiger partial charge >= 0.3 is 0 Å². The number of hydrazine groups is 1. The van der Waals surface area contributed by atoms with Crippen LogP contribution in [0.3, 0.4) is 0 Å². The van der Waals surface area contributed by atoms with Crippen molar-refractivity contribution in [3.05, 3.63) is 24.3 Å². The van der Waals surface area contributed by atoms with Gasteiger partial charge in [-0.15, -0.1) is 0 Å². The number of nitrogens with zero attached hydrogens (tertiary/aromatic N) is 1. The number of anilines is 1. The molecule has 0 spiro atoms. The van der Waals surface area contributed by atoms with E-state index in [1.807, 2.05) is 19.2 Å². The number of hydrogen-bond donors (Lipinski definition) is 3. The minimum Gasteiger partial charge on any atom is -0.322 e. The highest BCUT2D eigenvalue weighted by Gasteiger charge is 1.95. The van der Waals surface area contributed by atoms with E-state index in [9.17, 15) is 0 Å². The van der Waals surface area contributed by atoms with E-state index in [0.29, 0.717) is 0 Å². The lowest BCUT2D eigenvalue weighted by atomic mass is 10.3. The Kier molecular flexibility index (Phi) is 6.25. The van der Waals surface area contributed by atoms with Gasteiger partial charge in [-0.05, 0) is 50.3 Å². The fourth-order valence-corrected chi connectivity index (χ4v) is 1.79. The summed E-state index contributed by atoms with van der Waals surface area (Å²) in [5, 5.41) is 0. The van der Waals surface area contributed by atoms with Gasteiger partial charge < -0.3 is 10.3 Å². The van der Waals surface area contributed by atoms with E-state index in [4.69, 9.17) is 0 Å². The van der Waals surface area contributed by atoms with Crippen LogP contribution < -0.4 is 15.6 Å². The molecule has 0 unspecified atom stereocenters. The van der Waals surface area contributed by atoms with Crippen molar-refractivity contribution in [2.75, 3.05) is 39.7 Å². The molecule has 0 fully saturated rings. The molecular weight excluding hydrogens is 220 g/mol. The highest BCUT2D eigenvalue weighted by Crippen LogP contribution is 2.16. The van der Waals surface area contributed by atoms with Crippen molar-refractivity contribution in [3.63, 3.8) is 0 Å². The molecule has 0 bridgehead atoms. The van der Waals surface area contributed by atoms with Crippen LogP contribution in [0, 0.1) is 0 Å². The first-order valence-electron chi connectivity index (χ1n) is 5.29. The highest BCUT2D eigenvalue weighted by atomic mass is 32.2. The summed E-state index contributed by atoms with van der Waals surface area (Å²) in [5.74, 6) is 0. The van der Waals surface area contributed by atoms with Gasteiger partial charge in [0.2, 0.25) is 0 Å². The van der Waals surface area contributed by atoms with Gasteiger partial charge in [-0.1, -0.05) is 0 Å². The number of likely N-dealkylation sites (N-methyl/N-ethyl adjacent to an activating group) is 1. The zero-order valence-corrected chi connectivity index (χ0v) is 10.9. The summed E-state index contributed by atoms with van der Waals surface area (Å²) in [6.07, 6.45) is 0. The molecule has 0 aliphatic heterocycles. The Morgan fingerprint density at radius 2 is 1.88 bits per heavy atom. The van der Waals surface area contributed by atoms with E-state index in [1.165, 1.54) is 4.90 Å². The van der Waals surface area contributed by atoms with Crippen LogP contribution in [0.4, 0.5) is 5.69 Å². The van der Waals surface area contributed by atoms with Crippen LogP contribution in [-0.2, 0) is 0 Å². The smallest absolute Gasteiger partial charge is 0.0488 e. The standard InChI is InChI=1S/C11H20N4S/c1-12-14-10-4-6-11(7-5-10)16-13-8-9-15(2)3/h4-7,12-14H,8-9H2,1-3H3. The minimum absolute atomic E-state index is 0.980. The molecular formula is C11H20N4S. The van der Waals surface area contributed by atoms with E-state index in [0.717, 1.165) is 18.8 Å². The molecule has 0 aliphatic carbocycles. The summed E-state index contributed by atoms with van der Waals surface area (Å²) in [7, 11) is 6.00. The molecule has 0 radical (unpaired) electrons. The molecule has 0 amide bonds. The quantitative estimate of drug-likeness (QED) is 0.382. The molecule has 1 aromatic rings. The third-order valence-electron chi connectivity index (χ3n) is 1.97. The van der Waals surface area contributed by atoms with Crippen molar-refractivity contribution in [2.24, 2.45) is 0 Å². The minimum atomic E-state index is 0.980. The molecule has 0 aromatic heterocycles. The number of rotatable bonds is 7. The zero-order valence-electron chi connectivity index (χ0n) is 10.1. The van der Waals surface area contributed by atoms with Crippen molar-refractivity contribution in [2.45, 2.75) is 4.90 Å². The van der Waals surface area contributed by atoms with Crippen molar-refractivity contribution < 1.29 is 0 Å². The van der Waals surface area contributed by atoms with Gasteiger partial charge in [0.1, 0.15) is 0 Å². The maximum atomic E-state index is 3.32. The molecule has 1 rings (SSSR count). The fraction of sp³-hybridized carbons (Fsp3) is 0.455. The lowest BCUT2D eigenvalue weighted by molar-refractivity contribution is 0.415. The Balaban J connectivity index is 2.26. The van der Waals surface area contributed by atoms with Crippen LogP contribution in [0.15, 0.2) is 29.2 Å². The zero-order chi connectivity index (χ0) is 11.8. The van der Waals surface area contributed by atoms with Gasteiger partial charge in [-0.3, -0.25) is 4.72 Å². The summed E-state index contributed by atoms with van der Waals surface area (Å²) in [6.45, 7) is 2.03. The van der Waals surface area contributed by atoms with Crippen molar-refractivity contribution in [3.8, 4) is 0 Å². The molecule has 0 atom stereocenters. The SMILES string of the molecule is CNNc1ccc(SNCCN(C)C)cc1. The van der Waals surface area contributed by atoms with E-state index in [-0.39, 0.29) is 0 Å². The second-order valence-corrected chi connectivity index (χ2v) is 4.66. The second-order valence-electron chi connectivity index (χ2n) is 3.70. The average molecular weight is 240 g/mol. The molecule has 3 N–H and O–H groups in total. The van der Waals surface area contributed by atoms with Crippen LogP contribution in [0.1, 0.15) is 0 Å². The van der Waals surface area contributed by atoms with Gasteiger partial charge in [0, 0.05) is 30.7 Å². The number of nitrogens with one attached hydrogen (secondary N) is 3. The topological polar surface area (TPSA) is 39.3 Å². The number of hydrogen-bond acceptors (Lipinski definition) is 5. The van der Waals surface area contributed by atoms with Gasteiger partial charge in [0.15, 0.2) is 0 Å². The van der Waals surface area contributed by atoms with Crippen LogP contribution in [0.5, 0.6) is 0 Å². The van der Waals surface area contributed by atoms with E-state index < -0.39 is 0 Å². The Labute approximate surface area is 102 Å². The largest absolute Gasteiger partial charge is 0.322 e. The van der Waals surface area contributed by atoms with Gasteiger partial charge in [0.05, 0.1) is 0 Å². The second kappa shape index (κ2) is 7.51. The summed E-state index contributed by atoms with van der Waals surface area (Å²) >= 11 is 1.66. The molecule has 90 valence electrons. The van der Waals surface area contributed by atoms with Crippen LogP contribution in [0.25, 0.3) is 0 Å². The van der Waals surface area contributed by atoms with Gasteiger partial charge in [-0.25, -0.2) is 5.43 Å². The van der Waals surface area contributed by atoms with E-state index in [2.05, 4.69) is 46.7 Å². The first-order chi connectivity index (χ1) is 7.72. The summed E-state index contributed by atoms with van der Waals surface area (Å²) < 4.78 is 3.32. The third-order valence-corrected chi connectivity index (χ3v) is 2.83. The maximum Gasteiger partial charge on any atom is 0.0488 e. The average Bonchev–Trinajstić information content (AvgIpc) is 2.27. The third kappa shape index (κ3) is 5.37. The molecule has 5 heteroatoms. The number of benzene rings is 1. The lowest BCUT2D eigenvalue weighted by Gasteiger charge is -2.10. The van der Waals surface area contributed by atoms with Crippen LogP contribution in [-0.4, -0.2) is 39.1 Å². The Morgan fingerprint density at radius 3 is 2.44 bits per heavy atom. The molecule has 1 aromatic carbocycles. The molecule has 0 saturated heterocycles. The Hall–Kier alpha value is -0.750. The van der Waals surface area contributed by atoms with Crippen molar-refractivity contribution in [1.82, 2.24) is 15.0 Å². The van der Waals surface area contributed by atoms with Crippen molar-refractivity contribution >= 4 is 17.6 Å². The first-order valence-corrected chi connectivity index (χ1v) is 6.11. The van der Waals surface area contributed by atoms with Gasteiger partial charge in [-0.2, -0.15) is 0 Å². The van der Waals surface area contributed by atoms with Crippen LogP contribution >= 0.6 is 11.9 Å². The molecule has 4 nitrogen and oxygen atoms in total. The molecule has 16 heavy (non-hydrogen) atoms. The van der Waals surface area contributed by atoms with E-state index in [1.54, 1.807) is 11.9 Å². The normalized spacial score (nSPS) is 10.8. The monoisotopic (exact) mass is 240 g/mol. The summed E-state index contributed by atoms with van der Waals surface area (Å²) in [5.41, 5.74) is 6.99.